The number of fused-ring (bicyclic) bond motifs is 1. The van der Waals surface area contributed by atoms with Gasteiger partial charge in [-0.1, -0.05) is 54.1 Å². The van der Waals surface area contributed by atoms with Crippen LogP contribution >= 0.6 is 11.6 Å². The van der Waals surface area contributed by atoms with Crippen molar-refractivity contribution in [2.24, 2.45) is 0 Å². The summed E-state index contributed by atoms with van der Waals surface area (Å²) < 4.78 is 5.37. The van der Waals surface area contributed by atoms with E-state index in [0.29, 0.717) is 33.0 Å². The molecule has 0 aliphatic rings. The molecule has 0 spiro atoms. The van der Waals surface area contributed by atoms with Gasteiger partial charge in [-0.25, -0.2) is 4.79 Å². The Labute approximate surface area is 160 Å². The number of rotatable bonds is 3. The number of anilines is 1. The van der Waals surface area contributed by atoms with Crippen LogP contribution in [0.3, 0.4) is 0 Å². The van der Waals surface area contributed by atoms with Gasteiger partial charge in [0.25, 0.3) is 5.91 Å². The maximum atomic E-state index is 12.4. The summed E-state index contributed by atoms with van der Waals surface area (Å²) in [5, 5.41) is 4.08. The van der Waals surface area contributed by atoms with E-state index in [1.807, 2.05) is 18.2 Å². The van der Waals surface area contributed by atoms with Gasteiger partial charge >= 0.3 is 5.63 Å². The largest absolute Gasteiger partial charge is 0.422 e. The zero-order chi connectivity index (χ0) is 18.8. The number of para-hydroxylation sites is 2. The molecule has 4 rings (SSSR count). The topological polar surface area (TPSA) is 59.3 Å². The van der Waals surface area contributed by atoms with Crippen LogP contribution in [0.25, 0.3) is 22.1 Å². The molecule has 0 fully saturated rings. The lowest BCUT2D eigenvalue weighted by atomic mass is 10.0. The number of carbonyl (C=O) groups is 1. The van der Waals surface area contributed by atoms with Crippen LogP contribution in [0.5, 0.6) is 0 Å². The second kappa shape index (κ2) is 7.09. The van der Waals surface area contributed by atoms with Gasteiger partial charge in [-0.3, -0.25) is 4.79 Å². The highest BCUT2D eigenvalue weighted by Crippen LogP contribution is 2.23. The lowest BCUT2D eigenvalue weighted by Crippen LogP contribution is -2.12. The van der Waals surface area contributed by atoms with Crippen molar-refractivity contribution in [2.45, 2.75) is 0 Å². The molecule has 4 aromatic rings. The molecule has 1 aromatic heterocycles. The Morgan fingerprint density at radius 1 is 0.889 bits per heavy atom. The average molecular weight is 376 g/mol. The maximum absolute atomic E-state index is 12.4. The van der Waals surface area contributed by atoms with Crippen molar-refractivity contribution in [1.29, 1.82) is 0 Å². The summed E-state index contributed by atoms with van der Waals surface area (Å²) in [7, 11) is 0. The molecule has 0 atom stereocenters. The summed E-state index contributed by atoms with van der Waals surface area (Å²) in [6, 6.07) is 22.9. The molecule has 1 N–H and O–H groups in total. The van der Waals surface area contributed by atoms with Crippen molar-refractivity contribution in [2.75, 3.05) is 5.32 Å². The molecule has 1 heterocycles. The Bertz CT molecular complexity index is 1200. The van der Waals surface area contributed by atoms with Crippen LogP contribution in [0.1, 0.15) is 10.4 Å². The molecule has 0 saturated carbocycles. The summed E-state index contributed by atoms with van der Waals surface area (Å²) >= 11 is 6.07. The van der Waals surface area contributed by atoms with E-state index in [1.54, 1.807) is 60.7 Å². The first-order valence-electron chi connectivity index (χ1n) is 8.31. The Morgan fingerprint density at radius 3 is 2.37 bits per heavy atom. The van der Waals surface area contributed by atoms with Gasteiger partial charge in [-0.15, -0.1) is 0 Å². The van der Waals surface area contributed by atoms with E-state index >= 15 is 0 Å². The molecule has 0 saturated heterocycles. The second-order valence-corrected chi connectivity index (χ2v) is 6.40. The third-order valence-corrected chi connectivity index (χ3v) is 4.55. The third kappa shape index (κ3) is 3.48. The van der Waals surface area contributed by atoms with Crippen LogP contribution in [0.4, 0.5) is 5.69 Å². The summed E-state index contributed by atoms with van der Waals surface area (Å²) in [5.74, 6) is -0.278. The standard InChI is InChI=1S/C22H14ClNO3/c23-18-6-2-3-7-19(18)24-21(25)15-11-9-14(10-12-15)17-13-16-5-1-4-8-20(16)27-22(17)26/h1-13H,(H,24,25). The lowest BCUT2D eigenvalue weighted by molar-refractivity contribution is 0.102. The SMILES string of the molecule is O=C(Nc1ccccc1Cl)c1ccc(-c2cc3ccccc3oc2=O)cc1. The zero-order valence-electron chi connectivity index (χ0n) is 14.1. The fourth-order valence-electron chi connectivity index (χ4n) is 2.82. The van der Waals surface area contributed by atoms with E-state index < -0.39 is 5.63 Å². The predicted octanol–water partition coefficient (Wildman–Crippen LogP) is 5.37. The van der Waals surface area contributed by atoms with Crippen LogP contribution in [-0.2, 0) is 0 Å². The van der Waals surface area contributed by atoms with Gasteiger partial charge in [0.1, 0.15) is 5.58 Å². The Balaban J connectivity index is 1.63. The van der Waals surface area contributed by atoms with E-state index in [2.05, 4.69) is 5.32 Å². The number of amides is 1. The van der Waals surface area contributed by atoms with Crippen molar-refractivity contribution in [3.05, 3.63) is 99.9 Å². The molecule has 5 heteroatoms. The zero-order valence-corrected chi connectivity index (χ0v) is 14.9. The molecule has 1 amide bonds. The van der Waals surface area contributed by atoms with Crippen molar-refractivity contribution in [3.63, 3.8) is 0 Å². The molecule has 0 unspecified atom stereocenters. The minimum Gasteiger partial charge on any atom is -0.422 e. The number of halogens is 1. The monoisotopic (exact) mass is 375 g/mol. The second-order valence-electron chi connectivity index (χ2n) is 6.00. The third-order valence-electron chi connectivity index (χ3n) is 4.22. The lowest BCUT2D eigenvalue weighted by Gasteiger charge is -2.08. The molecule has 0 aliphatic heterocycles. The summed E-state index contributed by atoms with van der Waals surface area (Å²) in [6.07, 6.45) is 0. The smallest absolute Gasteiger partial charge is 0.344 e. The van der Waals surface area contributed by atoms with Crippen LogP contribution in [0.15, 0.2) is 88.1 Å². The predicted molar refractivity (Wildman–Crippen MR) is 107 cm³/mol. The number of carbonyl (C=O) groups excluding carboxylic acids is 1. The van der Waals surface area contributed by atoms with Gasteiger partial charge in [0.2, 0.25) is 0 Å². The van der Waals surface area contributed by atoms with Gasteiger partial charge in [0.15, 0.2) is 0 Å². The molecule has 0 radical (unpaired) electrons. The highest BCUT2D eigenvalue weighted by Gasteiger charge is 2.11. The first-order valence-corrected chi connectivity index (χ1v) is 8.69. The van der Waals surface area contributed by atoms with Crippen LogP contribution in [0.2, 0.25) is 5.02 Å². The Kier molecular flexibility index (Phi) is 4.48. The number of hydrogen-bond donors (Lipinski definition) is 1. The molecular weight excluding hydrogens is 362 g/mol. The van der Waals surface area contributed by atoms with Crippen molar-refractivity contribution in [1.82, 2.24) is 0 Å². The molecular formula is C22H14ClNO3. The van der Waals surface area contributed by atoms with E-state index in [9.17, 15) is 9.59 Å². The van der Waals surface area contributed by atoms with Crippen LogP contribution in [0, 0.1) is 0 Å². The van der Waals surface area contributed by atoms with Crippen LogP contribution < -0.4 is 10.9 Å². The fraction of sp³-hybridized carbons (Fsp3) is 0. The summed E-state index contributed by atoms with van der Waals surface area (Å²) in [5.41, 5.74) is 2.27. The van der Waals surface area contributed by atoms with Gasteiger partial charge in [-0.05, 0) is 42.0 Å². The first-order chi connectivity index (χ1) is 13.1. The quantitative estimate of drug-likeness (QED) is 0.490. The highest BCUT2D eigenvalue weighted by atomic mass is 35.5. The number of hydrogen-bond acceptors (Lipinski definition) is 3. The molecule has 3 aromatic carbocycles. The highest BCUT2D eigenvalue weighted by molar-refractivity contribution is 6.33. The molecule has 132 valence electrons. The molecule has 4 nitrogen and oxygen atoms in total. The van der Waals surface area contributed by atoms with Crippen molar-refractivity contribution >= 4 is 34.2 Å². The van der Waals surface area contributed by atoms with E-state index in [4.69, 9.17) is 16.0 Å². The Hall–Kier alpha value is -3.37. The van der Waals surface area contributed by atoms with Gasteiger partial charge in [0, 0.05) is 10.9 Å². The van der Waals surface area contributed by atoms with Gasteiger partial charge < -0.3 is 9.73 Å². The van der Waals surface area contributed by atoms with Crippen molar-refractivity contribution < 1.29 is 9.21 Å². The van der Waals surface area contributed by atoms with Crippen LogP contribution in [-0.4, -0.2) is 5.91 Å². The molecule has 0 bridgehead atoms. The fourth-order valence-corrected chi connectivity index (χ4v) is 3.00. The van der Waals surface area contributed by atoms with Crippen molar-refractivity contribution in [3.8, 4) is 11.1 Å². The first kappa shape index (κ1) is 17.1. The summed E-state index contributed by atoms with van der Waals surface area (Å²) in [6.45, 7) is 0. The minimum absolute atomic E-state index is 0.278. The molecule has 27 heavy (non-hydrogen) atoms. The number of benzene rings is 3. The average Bonchev–Trinajstić information content (AvgIpc) is 2.69. The maximum Gasteiger partial charge on any atom is 0.344 e. The number of nitrogens with one attached hydrogen (secondary N) is 1. The van der Waals surface area contributed by atoms with Gasteiger partial charge in [0.05, 0.1) is 16.3 Å². The summed E-state index contributed by atoms with van der Waals surface area (Å²) in [4.78, 5) is 24.7. The molecule has 0 aliphatic carbocycles. The minimum atomic E-state index is -0.415. The van der Waals surface area contributed by atoms with Gasteiger partial charge in [-0.2, -0.15) is 0 Å². The normalized spacial score (nSPS) is 10.7. The van der Waals surface area contributed by atoms with E-state index in [0.717, 1.165) is 5.39 Å². The van der Waals surface area contributed by atoms with E-state index in [1.165, 1.54) is 0 Å². The Morgan fingerprint density at radius 2 is 1.59 bits per heavy atom. The van der Waals surface area contributed by atoms with E-state index in [-0.39, 0.29) is 5.91 Å².